The summed E-state index contributed by atoms with van der Waals surface area (Å²) in [6, 6.07) is 24.2. The summed E-state index contributed by atoms with van der Waals surface area (Å²) in [7, 11) is 0. The molecular formula is C44H38Cl2F6N4O5. The molecule has 2 fully saturated rings. The molecule has 2 saturated carbocycles. The minimum Gasteiger partial charge on any atom is -0.444 e. The second kappa shape index (κ2) is 19.8. The highest BCUT2D eigenvalue weighted by atomic mass is 35.5. The molecule has 0 atom stereocenters. The van der Waals surface area contributed by atoms with Crippen LogP contribution in [0.15, 0.2) is 129 Å². The number of hydrogen-bond donors (Lipinski definition) is 0. The number of oxime groups is 2. The summed E-state index contributed by atoms with van der Waals surface area (Å²) in [6.45, 7) is 0.178. The second-order valence-corrected chi connectivity index (χ2v) is 15.2. The Hall–Kier alpha value is -5.64. The predicted molar refractivity (Wildman–Crippen MR) is 218 cm³/mol. The molecular weight excluding hydrogens is 849 g/mol. The van der Waals surface area contributed by atoms with Crippen LogP contribution in [0.3, 0.4) is 0 Å². The first-order chi connectivity index (χ1) is 28.8. The van der Waals surface area contributed by atoms with Crippen molar-refractivity contribution in [3.05, 3.63) is 153 Å². The number of oxazole rings is 2. The van der Waals surface area contributed by atoms with Crippen LogP contribution in [-0.4, -0.2) is 26.9 Å². The van der Waals surface area contributed by atoms with Crippen LogP contribution in [0.25, 0.3) is 22.9 Å². The maximum atomic E-state index is 12.7. The lowest BCUT2D eigenvalue weighted by Gasteiger charge is -2.06. The van der Waals surface area contributed by atoms with E-state index in [1.165, 1.54) is 62.5 Å². The summed E-state index contributed by atoms with van der Waals surface area (Å²) < 4.78 is 86.8. The van der Waals surface area contributed by atoms with Crippen LogP contribution in [0.5, 0.6) is 0 Å². The number of aromatic nitrogens is 2. The van der Waals surface area contributed by atoms with Gasteiger partial charge in [-0.15, -0.1) is 0 Å². The molecule has 320 valence electrons. The Labute approximate surface area is 356 Å². The Morgan fingerprint density at radius 3 is 1.21 bits per heavy atom. The van der Waals surface area contributed by atoms with Crippen molar-refractivity contribution in [3.8, 4) is 22.9 Å². The van der Waals surface area contributed by atoms with Crippen LogP contribution >= 0.6 is 23.2 Å². The van der Waals surface area contributed by atoms with Gasteiger partial charge in [-0.3, -0.25) is 0 Å². The van der Waals surface area contributed by atoms with Crippen LogP contribution in [0.2, 0.25) is 10.0 Å². The lowest BCUT2D eigenvalue weighted by atomic mass is 10.1. The first-order valence-corrected chi connectivity index (χ1v) is 19.7. The Morgan fingerprint density at radius 1 is 0.557 bits per heavy atom. The molecule has 4 aromatic carbocycles. The molecule has 8 rings (SSSR count). The lowest BCUT2D eigenvalue weighted by Crippen LogP contribution is -2.04. The highest BCUT2D eigenvalue weighted by Gasteiger charge is 2.31. The monoisotopic (exact) mass is 886 g/mol. The van der Waals surface area contributed by atoms with Crippen molar-refractivity contribution in [2.24, 2.45) is 22.1 Å². The minimum atomic E-state index is -4.38. The van der Waals surface area contributed by atoms with E-state index in [9.17, 15) is 26.3 Å². The molecule has 0 spiro atoms. The molecule has 0 aliphatic heterocycles. The minimum absolute atomic E-state index is 0. The molecule has 9 nitrogen and oxygen atoms in total. The summed E-state index contributed by atoms with van der Waals surface area (Å²) >= 11 is 11.9. The fourth-order valence-corrected chi connectivity index (χ4v) is 6.11. The van der Waals surface area contributed by atoms with Gasteiger partial charge in [0.15, 0.2) is 13.2 Å². The fraction of sp³-hybridized carbons (Fsp3) is 0.273. The molecule has 6 aromatic rings. The maximum Gasteiger partial charge on any atom is 0.416 e. The SMILES string of the molecule is FC(F)(F)c1ccc(-c2nc(CO/N=C(\CC3CC3)c3ccc(Cl)cc3)co2)cc1.FC(F)(F)c1ccc(-c2nc(CO/N=C(\CC3CC3)c3ccc(Cl)cc3)co2)cc1.O. The molecule has 17 heteroatoms. The molecule has 0 amide bonds. The standard InChI is InChI=1S/2C22H18ClF3N2O2.H2O/c2*23-18-9-5-15(6-10-18)20(11-14-1-2-14)28-30-13-19-12-29-21(27-19)16-3-7-17(8-4-16)22(24,25)26;/h2*3-10,12,14H,1-2,11,13H2;1H2/b2*28-20+;. The molecule has 2 N–H and O–H groups in total. The topological polar surface area (TPSA) is 127 Å². The van der Waals surface area contributed by atoms with Crippen LogP contribution < -0.4 is 0 Å². The van der Waals surface area contributed by atoms with Crippen LogP contribution in [-0.2, 0) is 35.2 Å². The van der Waals surface area contributed by atoms with Gasteiger partial charge < -0.3 is 24.0 Å². The second-order valence-electron chi connectivity index (χ2n) is 14.4. The van der Waals surface area contributed by atoms with Gasteiger partial charge in [-0.25, -0.2) is 9.97 Å². The van der Waals surface area contributed by atoms with E-state index < -0.39 is 23.5 Å². The Balaban J connectivity index is 0.000000201. The van der Waals surface area contributed by atoms with Gasteiger partial charge in [0.25, 0.3) is 0 Å². The lowest BCUT2D eigenvalue weighted by molar-refractivity contribution is -0.138. The van der Waals surface area contributed by atoms with Gasteiger partial charge in [0, 0.05) is 21.2 Å². The predicted octanol–water partition coefficient (Wildman–Crippen LogP) is 12.6. The van der Waals surface area contributed by atoms with Gasteiger partial charge in [0.1, 0.15) is 23.9 Å². The van der Waals surface area contributed by atoms with Gasteiger partial charge in [0.05, 0.1) is 22.6 Å². The van der Waals surface area contributed by atoms with Crippen molar-refractivity contribution >= 4 is 34.6 Å². The summed E-state index contributed by atoms with van der Waals surface area (Å²) in [5, 5.41) is 9.89. The van der Waals surface area contributed by atoms with Crippen molar-refractivity contribution in [3.63, 3.8) is 0 Å². The molecule has 0 unspecified atom stereocenters. The van der Waals surface area contributed by atoms with E-state index in [0.29, 0.717) is 44.4 Å². The molecule has 2 aliphatic rings. The summed E-state index contributed by atoms with van der Waals surface area (Å²) in [5.41, 5.74) is 4.06. The molecule has 2 heterocycles. The molecule has 2 aliphatic carbocycles. The third-order valence-corrected chi connectivity index (χ3v) is 10.0. The fourth-order valence-electron chi connectivity index (χ4n) is 5.86. The molecule has 61 heavy (non-hydrogen) atoms. The number of halogens is 8. The third-order valence-electron chi connectivity index (χ3n) is 9.51. The van der Waals surface area contributed by atoms with Gasteiger partial charge in [-0.2, -0.15) is 26.3 Å². The van der Waals surface area contributed by atoms with E-state index in [2.05, 4.69) is 20.3 Å². The number of benzene rings is 4. The van der Waals surface area contributed by atoms with E-state index in [0.717, 1.165) is 59.7 Å². The first-order valence-electron chi connectivity index (χ1n) is 18.9. The molecule has 0 saturated heterocycles. The number of hydrogen-bond acceptors (Lipinski definition) is 8. The van der Waals surface area contributed by atoms with Crippen LogP contribution in [0.1, 0.15) is 72.2 Å². The third kappa shape index (κ3) is 13.2. The van der Waals surface area contributed by atoms with Crippen LogP contribution in [0, 0.1) is 11.8 Å². The Morgan fingerprint density at radius 2 is 0.902 bits per heavy atom. The maximum absolute atomic E-state index is 12.7. The Bertz CT molecular complexity index is 2220. The van der Waals surface area contributed by atoms with Crippen molar-refractivity contribution in [2.75, 3.05) is 0 Å². The quantitative estimate of drug-likeness (QED) is 0.0609. The van der Waals surface area contributed by atoms with E-state index in [1.54, 1.807) is 0 Å². The Kier molecular flexibility index (Phi) is 14.6. The first kappa shape index (κ1) is 44.9. The zero-order valence-corrected chi connectivity index (χ0v) is 33.7. The zero-order chi connectivity index (χ0) is 42.3. The molecule has 0 bridgehead atoms. The van der Waals surface area contributed by atoms with Crippen molar-refractivity contribution < 1.29 is 50.3 Å². The average Bonchev–Trinajstić information content (AvgIpc) is 4.14. The summed E-state index contributed by atoms with van der Waals surface area (Å²) in [6.07, 6.45) is 0.464. The van der Waals surface area contributed by atoms with Crippen molar-refractivity contribution in [1.82, 2.24) is 9.97 Å². The smallest absolute Gasteiger partial charge is 0.416 e. The van der Waals surface area contributed by atoms with Crippen molar-refractivity contribution in [1.29, 1.82) is 0 Å². The number of alkyl halides is 6. The van der Waals surface area contributed by atoms with E-state index in [4.69, 9.17) is 41.7 Å². The van der Waals surface area contributed by atoms with E-state index in [-0.39, 0.29) is 30.5 Å². The van der Waals surface area contributed by atoms with Crippen LogP contribution in [0.4, 0.5) is 26.3 Å². The van der Waals surface area contributed by atoms with Gasteiger partial charge >= 0.3 is 12.4 Å². The zero-order valence-electron chi connectivity index (χ0n) is 32.1. The van der Waals surface area contributed by atoms with Gasteiger partial charge in [0.2, 0.25) is 11.8 Å². The largest absolute Gasteiger partial charge is 0.444 e. The van der Waals surface area contributed by atoms with Gasteiger partial charge in [-0.05, 0) is 134 Å². The average molecular weight is 888 g/mol. The number of nitrogens with zero attached hydrogens (tertiary/aromatic N) is 4. The van der Waals surface area contributed by atoms with Crippen molar-refractivity contribution in [2.45, 2.75) is 64.1 Å². The van der Waals surface area contributed by atoms with E-state index in [1.807, 2.05) is 48.5 Å². The number of rotatable bonds is 14. The van der Waals surface area contributed by atoms with E-state index >= 15 is 0 Å². The highest BCUT2D eigenvalue weighted by Crippen LogP contribution is 2.36. The normalized spacial score (nSPS) is 14.5. The molecule has 0 radical (unpaired) electrons. The molecule has 2 aromatic heterocycles. The summed E-state index contributed by atoms with van der Waals surface area (Å²) in [5.74, 6) is 1.70. The summed E-state index contributed by atoms with van der Waals surface area (Å²) in [4.78, 5) is 19.5. The highest BCUT2D eigenvalue weighted by molar-refractivity contribution is 6.31. The van der Waals surface area contributed by atoms with Gasteiger partial charge in [-0.1, -0.05) is 57.8 Å².